The molecule has 0 bridgehead atoms. The van der Waals surface area contributed by atoms with Crippen LogP contribution in [0.4, 0.5) is 4.79 Å². The van der Waals surface area contributed by atoms with Crippen molar-refractivity contribution in [3.05, 3.63) is 0 Å². The number of likely N-dealkylation sites (tertiary alicyclic amines) is 2. The monoisotopic (exact) mass is 242 g/mol. The molecule has 16 heavy (non-hydrogen) atoms. The van der Waals surface area contributed by atoms with Gasteiger partial charge in [0, 0.05) is 25.7 Å². The van der Waals surface area contributed by atoms with E-state index >= 15 is 0 Å². The van der Waals surface area contributed by atoms with Gasteiger partial charge in [-0.05, 0) is 32.1 Å². The van der Waals surface area contributed by atoms with Crippen molar-refractivity contribution in [3.8, 4) is 0 Å². The van der Waals surface area contributed by atoms with Gasteiger partial charge in [0.05, 0.1) is 4.99 Å². The fourth-order valence-corrected chi connectivity index (χ4v) is 2.97. The zero-order valence-electron chi connectivity index (χ0n) is 9.39. The van der Waals surface area contributed by atoms with Crippen molar-refractivity contribution in [2.75, 3.05) is 19.6 Å². The maximum absolute atomic E-state index is 10.8. The highest BCUT2D eigenvalue weighted by molar-refractivity contribution is 7.80. The molecule has 0 saturated carbocycles. The molecule has 2 fully saturated rings. The van der Waals surface area contributed by atoms with E-state index < -0.39 is 6.09 Å². The zero-order chi connectivity index (χ0) is 11.5. The molecule has 0 aliphatic carbocycles. The third-order valence-corrected chi connectivity index (χ3v) is 3.97. The molecule has 1 N–H and O–H groups in total. The molecule has 90 valence electrons. The Bertz CT molecular complexity index is 288. The van der Waals surface area contributed by atoms with Crippen molar-refractivity contribution in [3.63, 3.8) is 0 Å². The lowest BCUT2D eigenvalue weighted by atomic mass is 10.0. The first kappa shape index (κ1) is 11.6. The quantitative estimate of drug-likeness (QED) is 0.714. The summed E-state index contributed by atoms with van der Waals surface area (Å²) >= 11 is 5.38. The summed E-state index contributed by atoms with van der Waals surface area (Å²) in [4.78, 5) is 15.7. The van der Waals surface area contributed by atoms with Gasteiger partial charge in [-0.2, -0.15) is 0 Å². The van der Waals surface area contributed by atoms with Crippen LogP contribution in [0.15, 0.2) is 0 Å². The van der Waals surface area contributed by atoms with E-state index in [1.54, 1.807) is 0 Å². The molecule has 2 aliphatic heterocycles. The SMILES string of the molecule is O=C(O)N1CCC(N2CCCCC2=S)CC1. The van der Waals surface area contributed by atoms with Crippen molar-refractivity contribution in [2.24, 2.45) is 0 Å². The molecule has 4 nitrogen and oxygen atoms in total. The lowest BCUT2D eigenvalue weighted by Gasteiger charge is -2.41. The molecule has 1 amide bonds. The van der Waals surface area contributed by atoms with Gasteiger partial charge in [0.25, 0.3) is 0 Å². The van der Waals surface area contributed by atoms with Crippen LogP contribution < -0.4 is 0 Å². The second-order valence-corrected chi connectivity index (χ2v) is 5.02. The van der Waals surface area contributed by atoms with Crippen molar-refractivity contribution >= 4 is 23.3 Å². The smallest absolute Gasteiger partial charge is 0.407 e. The maximum atomic E-state index is 10.8. The largest absolute Gasteiger partial charge is 0.465 e. The van der Waals surface area contributed by atoms with Crippen LogP contribution in [0.1, 0.15) is 32.1 Å². The van der Waals surface area contributed by atoms with Crippen LogP contribution in [-0.2, 0) is 0 Å². The van der Waals surface area contributed by atoms with E-state index in [-0.39, 0.29) is 0 Å². The normalized spacial score (nSPS) is 23.6. The number of hydrogen-bond donors (Lipinski definition) is 1. The highest BCUT2D eigenvalue weighted by Gasteiger charge is 2.28. The number of thiocarbonyl (C=S) groups is 1. The number of carbonyl (C=O) groups is 1. The van der Waals surface area contributed by atoms with Crippen molar-refractivity contribution < 1.29 is 9.90 Å². The first-order valence-corrected chi connectivity index (χ1v) is 6.36. The maximum Gasteiger partial charge on any atom is 0.407 e. The Kier molecular flexibility index (Phi) is 3.63. The number of carboxylic acid groups (broad SMARTS) is 1. The third kappa shape index (κ3) is 2.45. The Morgan fingerprint density at radius 3 is 2.50 bits per heavy atom. The van der Waals surface area contributed by atoms with E-state index in [4.69, 9.17) is 17.3 Å². The van der Waals surface area contributed by atoms with Gasteiger partial charge < -0.3 is 14.9 Å². The molecular weight excluding hydrogens is 224 g/mol. The fourth-order valence-electron chi connectivity index (χ4n) is 2.58. The predicted molar refractivity (Wildman–Crippen MR) is 65.8 cm³/mol. The summed E-state index contributed by atoms with van der Waals surface area (Å²) in [7, 11) is 0. The Morgan fingerprint density at radius 2 is 1.94 bits per heavy atom. The predicted octanol–water partition coefficient (Wildman–Crippen LogP) is 1.94. The van der Waals surface area contributed by atoms with Crippen LogP contribution in [-0.4, -0.2) is 51.7 Å². The molecule has 2 heterocycles. The third-order valence-electron chi connectivity index (χ3n) is 3.54. The van der Waals surface area contributed by atoms with Gasteiger partial charge in [0.15, 0.2) is 0 Å². The molecule has 0 aromatic carbocycles. The van der Waals surface area contributed by atoms with Crippen molar-refractivity contribution in [1.82, 2.24) is 9.80 Å². The lowest BCUT2D eigenvalue weighted by Crippen LogP contribution is -2.49. The van der Waals surface area contributed by atoms with E-state index in [0.29, 0.717) is 19.1 Å². The van der Waals surface area contributed by atoms with Crippen LogP contribution in [0.2, 0.25) is 0 Å². The first-order chi connectivity index (χ1) is 7.68. The summed E-state index contributed by atoms with van der Waals surface area (Å²) in [6.07, 6.45) is 4.52. The molecule has 2 rings (SSSR count). The second kappa shape index (κ2) is 4.99. The first-order valence-electron chi connectivity index (χ1n) is 5.96. The van der Waals surface area contributed by atoms with E-state index in [2.05, 4.69) is 4.90 Å². The van der Waals surface area contributed by atoms with E-state index in [1.807, 2.05) is 0 Å². The molecule has 0 radical (unpaired) electrons. The molecule has 2 saturated heterocycles. The van der Waals surface area contributed by atoms with Gasteiger partial charge in [0.1, 0.15) is 0 Å². The average Bonchev–Trinajstić information content (AvgIpc) is 2.30. The van der Waals surface area contributed by atoms with E-state index in [0.717, 1.165) is 30.8 Å². The van der Waals surface area contributed by atoms with Crippen LogP contribution in [0, 0.1) is 0 Å². The molecule has 0 aromatic heterocycles. The fraction of sp³-hybridized carbons (Fsp3) is 0.818. The minimum atomic E-state index is -0.792. The summed E-state index contributed by atoms with van der Waals surface area (Å²) in [6, 6.07) is 0.475. The summed E-state index contributed by atoms with van der Waals surface area (Å²) < 4.78 is 0. The molecule has 0 unspecified atom stereocenters. The minimum Gasteiger partial charge on any atom is -0.465 e. The van der Waals surface area contributed by atoms with Gasteiger partial charge in [0.2, 0.25) is 0 Å². The molecular formula is C11H18N2O2S. The van der Waals surface area contributed by atoms with Crippen LogP contribution in [0.25, 0.3) is 0 Å². The molecule has 0 aromatic rings. The Labute approximate surface area is 101 Å². The highest BCUT2D eigenvalue weighted by Crippen LogP contribution is 2.22. The number of rotatable bonds is 1. The Hall–Kier alpha value is -0.840. The molecule has 2 aliphatic rings. The minimum absolute atomic E-state index is 0.475. The van der Waals surface area contributed by atoms with Gasteiger partial charge in [-0.15, -0.1) is 0 Å². The lowest BCUT2D eigenvalue weighted by molar-refractivity contribution is 0.114. The Morgan fingerprint density at radius 1 is 1.25 bits per heavy atom. The van der Waals surface area contributed by atoms with Gasteiger partial charge in [-0.1, -0.05) is 12.2 Å². The van der Waals surface area contributed by atoms with E-state index in [1.165, 1.54) is 17.7 Å². The summed E-state index contributed by atoms with van der Waals surface area (Å²) in [6.45, 7) is 2.37. The van der Waals surface area contributed by atoms with Gasteiger partial charge >= 0.3 is 6.09 Å². The average molecular weight is 242 g/mol. The molecule has 0 spiro atoms. The summed E-state index contributed by atoms with van der Waals surface area (Å²) in [5.74, 6) is 0. The standard InChI is InChI=1S/C11H18N2O2S/c14-11(15)12-7-4-9(5-8-12)13-6-2-1-3-10(13)16/h9H,1-8H2,(H,14,15). The van der Waals surface area contributed by atoms with Gasteiger partial charge in [-0.3, -0.25) is 0 Å². The Balaban J connectivity index is 1.88. The topological polar surface area (TPSA) is 43.8 Å². The van der Waals surface area contributed by atoms with Crippen LogP contribution in [0.3, 0.4) is 0 Å². The van der Waals surface area contributed by atoms with Crippen LogP contribution >= 0.6 is 12.2 Å². The summed E-state index contributed by atoms with van der Waals surface area (Å²) in [5, 5.41) is 8.87. The summed E-state index contributed by atoms with van der Waals surface area (Å²) in [5.41, 5.74) is 0. The van der Waals surface area contributed by atoms with Crippen molar-refractivity contribution in [1.29, 1.82) is 0 Å². The van der Waals surface area contributed by atoms with Crippen LogP contribution in [0.5, 0.6) is 0 Å². The number of amides is 1. The van der Waals surface area contributed by atoms with E-state index in [9.17, 15) is 4.79 Å². The second-order valence-electron chi connectivity index (χ2n) is 4.55. The zero-order valence-corrected chi connectivity index (χ0v) is 10.2. The van der Waals surface area contributed by atoms with Crippen molar-refractivity contribution in [2.45, 2.75) is 38.1 Å². The highest BCUT2D eigenvalue weighted by atomic mass is 32.1. The molecule has 5 heteroatoms. The number of hydrogen-bond acceptors (Lipinski definition) is 2. The number of piperidine rings is 2. The van der Waals surface area contributed by atoms with Gasteiger partial charge in [-0.25, -0.2) is 4.79 Å². The molecule has 0 atom stereocenters. The number of nitrogens with zero attached hydrogens (tertiary/aromatic N) is 2.